The molecule has 0 aromatic carbocycles. The lowest BCUT2D eigenvalue weighted by atomic mass is 9.60. The van der Waals surface area contributed by atoms with Crippen LogP contribution in [0.1, 0.15) is 78.6 Å². The molecule has 2 unspecified atom stereocenters. The third kappa shape index (κ3) is 7.80. The molecule has 2 aliphatic rings. The minimum Gasteiger partial charge on any atom is -0.391 e. The summed E-state index contributed by atoms with van der Waals surface area (Å²) in [6.07, 6.45) is 9.40. The maximum atomic E-state index is 12.6. The fourth-order valence-corrected chi connectivity index (χ4v) is 6.35. The van der Waals surface area contributed by atoms with Crippen LogP contribution in [0.5, 0.6) is 0 Å². The van der Waals surface area contributed by atoms with E-state index in [9.17, 15) is 24.6 Å². The lowest BCUT2D eigenvalue weighted by Crippen LogP contribution is -2.54. The Balaban J connectivity index is 1.46. The van der Waals surface area contributed by atoms with Gasteiger partial charge in [-0.1, -0.05) is 26.8 Å². The number of allylic oxidation sites excluding steroid dienone is 1. The zero-order chi connectivity index (χ0) is 28.7. The van der Waals surface area contributed by atoms with Gasteiger partial charge in [-0.2, -0.15) is 0 Å². The largest absolute Gasteiger partial charge is 0.391 e. The van der Waals surface area contributed by atoms with Crippen molar-refractivity contribution < 1.29 is 19.7 Å². The van der Waals surface area contributed by atoms with Crippen molar-refractivity contribution in [3.05, 3.63) is 44.1 Å². The molecule has 2 fully saturated rings. The minimum absolute atomic E-state index is 0.0176. The molecule has 2 saturated carbocycles. The van der Waals surface area contributed by atoms with Gasteiger partial charge < -0.3 is 19.7 Å². The van der Waals surface area contributed by atoms with E-state index < -0.39 is 23.2 Å². The molecule has 1 aromatic heterocycles. The van der Waals surface area contributed by atoms with Crippen LogP contribution in [0.2, 0.25) is 0 Å². The summed E-state index contributed by atoms with van der Waals surface area (Å²) in [5.74, 6) is 1.27. The maximum Gasteiger partial charge on any atom is 0.336 e. The molecule has 2 aliphatic carbocycles. The van der Waals surface area contributed by atoms with E-state index in [0.29, 0.717) is 18.4 Å². The Hall–Kier alpha value is -2.01. The van der Waals surface area contributed by atoms with E-state index in [0.717, 1.165) is 71.5 Å². The third-order valence-electron chi connectivity index (χ3n) is 9.18. The van der Waals surface area contributed by atoms with Crippen molar-refractivity contribution in [2.45, 2.75) is 116 Å². The van der Waals surface area contributed by atoms with Crippen LogP contribution in [-0.4, -0.2) is 61.5 Å². The SMILES string of the molecule is C=CCn1c(=O)n(C)c(=O)n(CC(O)COC2CCC(C(C)(C)C3CCC(OCC(O)CC)CC3)CC2)c1=O. The Morgan fingerprint density at radius 1 is 0.846 bits per heavy atom. The van der Waals surface area contributed by atoms with Crippen LogP contribution >= 0.6 is 0 Å². The first-order valence-corrected chi connectivity index (χ1v) is 14.6. The highest BCUT2D eigenvalue weighted by Crippen LogP contribution is 2.48. The average Bonchev–Trinajstić information content (AvgIpc) is 2.94. The zero-order valence-corrected chi connectivity index (χ0v) is 24.2. The van der Waals surface area contributed by atoms with E-state index in [1.807, 2.05) is 6.92 Å². The van der Waals surface area contributed by atoms with Crippen molar-refractivity contribution in [3.8, 4) is 0 Å². The number of aliphatic hydroxyl groups is 2. The quantitative estimate of drug-likeness (QED) is 0.360. The Morgan fingerprint density at radius 2 is 1.31 bits per heavy atom. The molecule has 0 spiro atoms. The third-order valence-corrected chi connectivity index (χ3v) is 9.18. The summed E-state index contributed by atoms with van der Waals surface area (Å²) in [6.45, 7) is 10.5. The van der Waals surface area contributed by atoms with Crippen molar-refractivity contribution >= 4 is 0 Å². The van der Waals surface area contributed by atoms with E-state index >= 15 is 0 Å². The van der Waals surface area contributed by atoms with Crippen molar-refractivity contribution in [2.24, 2.45) is 24.3 Å². The molecule has 0 bridgehead atoms. The molecule has 2 N–H and O–H groups in total. The van der Waals surface area contributed by atoms with E-state index in [4.69, 9.17) is 9.47 Å². The van der Waals surface area contributed by atoms with Gasteiger partial charge in [0.15, 0.2) is 0 Å². The van der Waals surface area contributed by atoms with E-state index in [-0.39, 0.29) is 43.4 Å². The molecule has 1 aromatic rings. The van der Waals surface area contributed by atoms with Crippen molar-refractivity contribution in [2.75, 3.05) is 13.2 Å². The molecular formula is C29H49N3O7. The Bertz CT molecular complexity index is 1110. The minimum atomic E-state index is -1.05. The van der Waals surface area contributed by atoms with Crippen LogP contribution in [0.15, 0.2) is 27.0 Å². The van der Waals surface area contributed by atoms with Gasteiger partial charge in [0.05, 0.1) is 50.7 Å². The van der Waals surface area contributed by atoms with Crippen molar-refractivity contribution in [1.29, 1.82) is 0 Å². The number of nitrogens with zero attached hydrogens (tertiary/aromatic N) is 3. The number of ether oxygens (including phenoxy) is 2. The topological polar surface area (TPSA) is 125 Å². The highest BCUT2D eigenvalue weighted by molar-refractivity contribution is 4.91. The van der Waals surface area contributed by atoms with E-state index in [1.165, 1.54) is 13.1 Å². The highest BCUT2D eigenvalue weighted by Gasteiger charge is 2.40. The summed E-state index contributed by atoms with van der Waals surface area (Å²) < 4.78 is 14.6. The number of rotatable bonds is 13. The Labute approximate surface area is 231 Å². The van der Waals surface area contributed by atoms with Gasteiger partial charge in [0.1, 0.15) is 0 Å². The summed E-state index contributed by atoms with van der Waals surface area (Å²) >= 11 is 0. The van der Waals surface area contributed by atoms with Gasteiger partial charge in [-0.25, -0.2) is 28.1 Å². The Morgan fingerprint density at radius 3 is 1.77 bits per heavy atom. The van der Waals surface area contributed by atoms with Gasteiger partial charge in [0.25, 0.3) is 0 Å². The molecule has 0 aliphatic heterocycles. The van der Waals surface area contributed by atoms with Crippen LogP contribution in [-0.2, 0) is 29.6 Å². The number of hydrogen-bond donors (Lipinski definition) is 2. The van der Waals surface area contributed by atoms with E-state index in [1.54, 1.807) is 0 Å². The lowest BCUT2D eigenvalue weighted by Gasteiger charge is -2.46. The normalized spacial score (nSPS) is 25.8. The predicted octanol–water partition coefficient (Wildman–Crippen LogP) is 2.20. The number of hydrogen-bond acceptors (Lipinski definition) is 7. The van der Waals surface area contributed by atoms with Gasteiger partial charge in [-0.05, 0) is 75.0 Å². The first-order valence-electron chi connectivity index (χ1n) is 14.6. The van der Waals surface area contributed by atoms with Gasteiger partial charge in [0.2, 0.25) is 0 Å². The molecule has 0 amide bonds. The van der Waals surface area contributed by atoms with Crippen molar-refractivity contribution in [3.63, 3.8) is 0 Å². The fraction of sp³-hybridized carbons (Fsp3) is 0.828. The van der Waals surface area contributed by atoms with Crippen LogP contribution in [0.25, 0.3) is 0 Å². The van der Waals surface area contributed by atoms with Gasteiger partial charge >= 0.3 is 17.1 Å². The average molecular weight is 552 g/mol. The molecule has 3 rings (SSSR count). The highest BCUT2D eigenvalue weighted by atomic mass is 16.5. The van der Waals surface area contributed by atoms with Crippen LogP contribution in [0.4, 0.5) is 0 Å². The molecule has 222 valence electrons. The Kier molecular flexibility index (Phi) is 11.4. The summed E-state index contributed by atoms with van der Waals surface area (Å²) in [5.41, 5.74) is -2.00. The molecule has 39 heavy (non-hydrogen) atoms. The second-order valence-corrected chi connectivity index (χ2v) is 12.1. The first-order chi connectivity index (χ1) is 18.5. The molecule has 10 heteroatoms. The molecule has 0 radical (unpaired) electrons. The summed E-state index contributed by atoms with van der Waals surface area (Å²) in [5, 5.41) is 20.3. The lowest BCUT2D eigenvalue weighted by molar-refractivity contribution is -0.0617. The smallest absolute Gasteiger partial charge is 0.336 e. The molecule has 1 heterocycles. The molecular weight excluding hydrogens is 502 g/mol. The fourth-order valence-electron chi connectivity index (χ4n) is 6.35. The van der Waals surface area contributed by atoms with Gasteiger partial charge in [0, 0.05) is 7.05 Å². The van der Waals surface area contributed by atoms with Gasteiger partial charge in [-0.15, -0.1) is 6.58 Å². The summed E-state index contributed by atoms with van der Waals surface area (Å²) in [7, 11) is 1.31. The van der Waals surface area contributed by atoms with Gasteiger partial charge in [-0.3, -0.25) is 0 Å². The molecule has 2 atom stereocenters. The van der Waals surface area contributed by atoms with E-state index in [2.05, 4.69) is 20.4 Å². The summed E-state index contributed by atoms with van der Waals surface area (Å²) in [6, 6.07) is 0. The molecule has 10 nitrogen and oxygen atoms in total. The first kappa shape index (κ1) is 31.5. The van der Waals surface area contributed by atoms with Crippen molar-refractivity contribution in [1.82, 2.24) is 13.7 Å². The second-order valence-electron chi connectivity index (χ2n) is 12.1. The van der Waals surface area contributed by atoms with Crippen LogP contribution in [0.3, 0.4) is 0 Å². The number of aliphatic hydroxyl groups excluding tert-OH is 2. The summed E-state index contributed by atoms with van der Waals surface area (Å²) in [4.78, 5) is 37.3. The zero-order valence-electron chi connectivity index (χ0n) is 24.2. The second kappa shape index (κ2) is 14.1. The number of aromatic nitrogens is 3. The molecule has 0 saturated heterocycles. The predicted molar refractivity (Wildman–Crippen MR) is 150 cm³/mol. The van der Waals surface area contributed by atoms with Crippen LogP contribution in [0, 0.1) is 17.3 Å². The monoisotopic (exact) mass is 551 g/mol. The standard InChI is InChI=1S/C29H49N3O7/c1-6-16-31-26(35)30(5)27(36)32(28(31)37)17-23(34)19-39-25-14-10-21(11-15-25)29(3,4)20-8-12-24(13-9-20)38-18-22(33)7-2/h6,20-25,33-34H,1,7-19H2,2-5H3. The maximum absolute atomic E-state index is 12.6. The van der Waals surface area contributed by atoms with Crippen LogP contribution < -0.4 is 17.1 Å².